The topological polar surface area (TPSA) is 83.7 Å². The summed E-state index contributed by atoms with van der Waals surface area (Å²) >= 11 is 6.32. The van der Waals surface area contributed by atoms with E-state index in [9.17, 15) is 9.59 Å². The zero-order chi connectivity index (χ0) is 24.1. The first kappa shape index (κ1) is 25.6. The van der Waals surface area contributed by atoms with Crippen LogP contribution in [0.25, 0.3) is 0 Å². The summed E-state index contributed by atoms with van der Waals surface area (Å²) in [5, 5.41) is 3.84. The van der Waals surface area contributed by atoms with Gasteiger partial charge in [0.05, 0.1) is 11.7 Å². The van der Waals surface area contributed by atoms with Crippen molar-refractivity contribution in [3.63, 3.8) is 0 Å². The van der Waals surface area contributed by atoms with Crippen LogP contribution in [0.5, 0.6) is 0 Å². The van der Waals surface area contributed by atoms with Gasteiger partial charge in [-0.15, -0.1) is 0 Å². The zero-order valence-corrected chi connectivity index (χ0v) is 20.7. The number of hydrogen-bond donors (Lipinski definition) is 2. The fraction of sp³-hybridized carbons (Fsp3) is 0.500. The molecule has 2 N–H and O–H groups in total. The Labute approximate surface area is 195 Å². The van der Waals surface area contributed by atoms with Crippen molar-refractivity contribution in [3.8, 4) is 0 Å². The molecule has 176 valence electrons. The molecule has 0 spiro atoms. The van der Waals surface area contributed by atoms with E-state index in [0.29, 0.717) is 18.0 Å². The summed E-state index contributed by atoms with van der Waals surface area (Å²) in [7, 11) is 0. The maximum Gasteiger partial charge on any atom is 0.420 e. The number of anilines is 1. The van der Waals surface area contributed by atoms with Crippen LogP contribution in [-0.4, -0.2) is 33.3 Å². The van der Waals surface area contributed by atoms with E-state index in [1.54, 1.807) is 53.7 Å². The molecule has 1 aromatic heterocycles. The average Bonchev–Trinajstić information content (AvgIpc) is 3.15. The lowest BCUT2D eigenvalue weighted by molar-refractivity contribution is -0.00811. The Morgan fingerprint density at radius 2 is 1.66 bits per heavy atom. The van der Waals surface area contributed by atoms with Gasteiger partial charge in [0.2, 0.25) is 0 Å². The van der Waals surface area contributed by atoms with Crippen molar-refractivity contribution in [2.24, 2.45) is 0 Å². The van der Waals surface area contributed by atoms with E-state index in [1.165, 1.54) is 0 Å². The normalized spacial score (nSPS) is 12.8. The minimum atomic E-state index is -0.775. The zero-order valence-electron chi connectivity index (χ0n) is 19.9. The van der Waals surface area contributed by atoms with Crippen LogP contribution in [-0.2, 0) is 16.0 Å². The van der Waals surface area contributed by atoms with Crippen LogP contribution in [0.15, 0.2) is 36.7 Å². The van der Waals surface area contributed by atoms with Crippen LogP contribution in [0, 0.1) is 0 Å². The van der Waals surface area contributed by atoms with Gasteiger partial charge < -0.3 is 19.8 Å². The Kier molecular flexibility index (Phi) is 8.24. The van der Waals surface area contributed by atoms with Crippen molar-refractivity contribution in [2.45, 2.75) is 78.7 Å². The van der Waals surface area contributed by atoms with Crippen molar-refractivity contribution < 1.29 is 19.1 Å². The molecule has 0 aliphatic carbocycles. The Balaban J connectivity index is 2.47. The number of carbonyl (C=O) groups is 2. The van der Waals surface area contributed by atoms with E-state index in [4.69, 9.17) is 21.1 Å². The maximum atomic E-state index is 13.2. The molecule has 0 saturated heterocycles. The van der Waals surface area contributed by atoms with E-state index >= 15 is 0 Å². The van der Waals surface area contributed by atoms with Crippen LogP contribution >= 0.6 is 11.6 Å². The summed E-state index contributed by atoms with van der Waals surface area (Å²) < 4.78 is 11.1. The third kappa shape index (κ3) is 7.48. The lowest BCUT2D eigenvalue weighted by Gasteiger charge is -2.34. The standard InChI is InChI=1S/C24H34ClN3O4/c1-8-20(28(21(29)31-23(2,3)4)22(30)32-24(5,6)7)19-13-17(25)10-9-16(19)14-27-18-11-12-26-15-18/h9-13,15,20,26-27H,8,14H2,1-7H3. The Bertz CT molecular complexity index is 886. The number of nitrogens with one attached hydrogen (secondary N) is 2. The molecule has 0 aliphatic rings. The molecule has 7 nitrogen and oxygen atoms in total. The number of amides is 2. The predicted octanol–water partition coefficient (Wildman–Crippen LogP) is 6.90. The number of ether oxygens (including phenoxy) is 2. The first-order valence-corrected chi connectivity index (χ1v) is 11.1. The quantitative estimate of drug-likeness (QED) is 0.486. The number of benzene rings is 1. The molecule has 1 heterocycles. The largest absolute Gasteiger partial charge is 0.443 e. The third-order valence-corrected chi connectivity index (χ3v) is 4.66. The van der Waals surface area contributed by atoms with Crippen LogP contribution in [0.4, 0.5) is 15.3 Å². The average molecular weight is 464 g/mol. The summed E-state index contributed by atoms with van der Waals surface area (Å²) in [6.45, 7) is 12.9. The van der Waals surface area contributed by atoms with Gasteiger partial charge in [-0.2, -0.15) is 0 Å². The second-order valence-electron chi connectivity index (χ2n) is 9.55. The molecule has 0 bridgehead atoms. The third-order valence-electron chi connectivity index (χ3n) is 4.43. The predicted molar refractivity (Wildman–Crippen MR) is 127 cm³/mol. The molecule has 2 aromatic rings. The molecule has 2 rings (SSSR count). The SMILES string of the molecule is CCC(c1cc(Cl)ccc1CNc1cc[nH]c1)N(C(=O)OC(C)(C)C)C(=O)OC(C)(C)C. The summed E-state index contributed by atoms with van der Waals surface area (Å²) in [4.78, 5) is 30.4. The highest BCUT2D eigenvalue weighted by molar-refractivity contribution is 6.30. The molecule has 2 amide bonds. The van der Waals surface area contributed by atoms with Crippen molar-refractivity contribution in [1.82, 2.24) is 9.88 Å². The fourth-order valence-electron chi connectivity index (χ4n) is 3.16. The summed E-state index contributed by atoms with van der Waals surface area (Å²) in [6.07, 6.45) is 2.61. The van der Waals surface area contributed by atoms with E-state index in [0.717, 1.165) is 21.7 Å². The minimum absolute atomic E-state index is 0.454. The summed E-state index contributed by atoms with van der Waals surface area (Å²) in [5.41, 5.74) is 1.03. The van der Waals surface area contributed by atoms with Crippen LogP contribution in [0.2, 0.25) is 5.02 Å². The second kappa shape index (κ2) is 10.3. The van der Waals surface area contributed by atoms with Gasteiger partial charge >= 0.3 is 12.2 Å². The number of nitrogens with zero attached hydrogens (tertiary/aromatic N) is 1. The molecule has 8 heteroatoms. The number of aromatic nitrogens is 1. The van der Waals surface area contributed by atoms with Gasteiger partial charge in [0.15, 0.2) is 0 Å². The van der Waals surface area contributed by atoms with Gasteiger partial charge in [-0.25, -0.2) is 14.5 Å². The number of carbonyl (C=O) groups excluding carboxylic acids is 2. The number of imide groups is 1. The lowest BCUT2D eigenvalue weighted by atomic mass is 9.97. The molecule has 32 heavy (non-hydrogen) atoms. The molecule has 0 fully saturated rings. The van der Waals surface area contributed by atoms with Crippen LogP contribution in [0.3, 0.4) is 0 Å². The van der Waals surface area contributed by atoms with Gasteiger partial charge in [-0.3, -0.25) is 0 Å². The fourth-order valence-corrected chi connectivity index (χ4v) is 3.34. The molecule has 0 saturated carbocycles. The van der Waals surface area contributed by atoms with E-state index in [-0.39, 0.29) is 0 Å². The number of rotatable bonds is 6. The number of halogens is 1. The molecule has 1 atom stereocenters. The minimum Gasteiger partial charge on any atom is -0.443 e. The van der Waals surface area contributed by atoms with Gasteiger partial charge in [0, 0.05) is 24.0 Å². The van der Waals surface area contributed by atoms with Crippen LogP contribution < -0.4 is 5.32 Å². The highest BCUT2D eigenvalue weighted by atomic mass is 35.5. The summed E-state index contributed by atoms with van der Waals surface area (Å²) in [5.74, 6) is 0. The van der Waals surface area contributed by atoms with E-state index in [2.05, 4.69) is 10.3 Å². The maximum absolute atomic E-state index is 13.2. The monoisotopic (exact) mass is 463 g/mol. The lowest BCUT2D eigenvalue weighted by Crippen LogP contribution is -2.45. The number of hydrogen-bond acceptors (Lipinski definition) is 5. The molecule has 0 aliphatic heterocycles. The van der Waals surface area contributed by atoms with Crippen molar-refractivity contribution in [3.05, 3.63) is 52.8 Å². The van der Waals surface area contributed by atoms with Gasteiger partial charge in [-0.1, -0.05) is 24.6 Å². The van der Waals surface area contributed by atoms with Crippen molar-refractivity contribution in [1.29, 1.82) is 0 Å². The Morgan fingerprint density at radius 1 is 1.06 bits per heavy atom. The van der Waals surface area contributed by atoms with Crippen molar-refractivity contribution >= 4 is 29.5 Å². The van der Waals surface area contributed by atoms with E-state index in [1.807, 2.05) is 31.5 Å². The second-order valence-corrected chi connectivity index (χ2v) is 9.99. The number of H-pyrrole nitrogens is 1. The molecular formula is C24H34ClN3O4. The first-order valence-electron chi connectivity index (χ1n) is 10.7. The first-order chi connectivity index (χ1) is 14.8. The van der Waals surface area contributed by atoms with Gasteiger partial charge in [-0.05, 0) is 77.3 Å². The van der Waals surface area contributed by atoms with E-state index < -0.39 is 29.4 Å². The molecular weight excluding hydrogens is 430 g/mol. The Morgan fingerprint density at radius 3 is 2.12 bits per heavy atom. The molecule has 0 radical (unpaired) electrons. The van der Waals surface area contributed by atoms with Crippen LogP contribution in [0.1, 0.15) is 72.1 Å². The van der Waals surface area contributed by atoms with Gasteiger partial charge in [0.25, 0.3) is 0 Å². The Hall–Kier alpha value is -2.67. The summed E-state index contributed by atoms with van der Waals surface area (Å²) in [6, 6.07) is 6.76. The highest BCUT2D eigenvalue weighted by Gasteiger charge is 2.37. The number of aromatic amines is 1. The smallest absolute Gasteiger partial charge is 0.420 e. The molecule has 1 aromatic carbocycles. The van der Waals surface area contributed by atoms with Crippen molar-refractivity contribution in [2.75, 3.05) is 5.32 Å². The molecule has 1 unspecified atom stereocenters. The van der Waals surface area contributed by atoms with Gasteiger partial charge in [0.1, 0.15) is 11.2 Å². The highest BCUT2D eigenvalue weighted by Crippen LogP contribution is 2.33.